The van der Waals surface area contributed by atoms with E-state index in [1.807, 2.05) is 0 Å². The largest absolute Gasteiger partial charge is 0.355 e. The van der Waals surface area contributed by atoms with E-state index in [9.17, 15) is 4.79 Å². The van der Waals surface area contributed by atoms with Gasteiger partial charge in [-0.25, -0.2) is 0 Å². The molecule has 0 aromatic carbocycles. The van der Waals surface area contributed by atoms with Crippen LogP contribution in [0.4, 0.5) is 0 Å². The minimum Gasteiger partial charge on any atom is -0.355 e. The van der Waals surface area contributed by atoms with E-state index in [1.54, 1.807) is 6.92 Å². The van der Waals surface area contributed by atoms with Gasteiger partial charge in [-0.05, 0) is 32.2 Å². The standard InChI is InChI=1S/C12H23N3O/c1-10(16)13-7-8-15(12-4-5-12)9-11-3-2-6-14-11/h11-12,14H,2-9H2,1H3,(H,13,16). The SMILES string of the molecule is CC(=O)NCCN(CC1CCCN1)C1CC1. The number of rotatable bonds is 6. The molecule has 1 amide bonds. The third-order valence-electron chi connectivity index (χ3n) is 3.45. The van der Waals surface area contributed by atoms with Crippen LogP contribution in [0.1, 0.15) is 32.6 Å². The summed E-state index contributed by atoms with van der Waals surface area (Å²) in [5.74, 6) is 0.0785. The van der Waals surface area contributed by atoms with Gasteiger partial charge in [0.05, 0.1) is 0 Å². The molecule has 2 aliphatic rings. The maximum atomic E-state index is 10.8. The van der Waals surface area contributed by atoms with E-state index in [0.29, 0.717) is 6.04 Å². The van der Waals surface area contributed by atoms with Crippen LogP contribution in [0, 0.1) is 0 Å². The zero-order valence-corrected chi connectivity index (χ0v) is 10.2. The van der Waals surface area contributed by atoms with Crippen molar-refractivity contribution in [1.29, 1.82) is 0 Å². The molecule has 0 aromatic heterocycles. The maximum absolute atomic E-state index is 10.8. The monoisotopic (exact) mass is 225 g/mol. The predicted octanol–water partition coefficient (Wildman–Crippen LogP) is 0.339. The van der Waals surface area contributed by atoms with Gasteiger partial charge >= 0.3 is 0 Å². The minimum absolute atomic E-state index is 0.0785. The van der Waals surface area contributed by atoms with Crippen LogP contribution in [0.3, 0.4) is 0 Å². The Morgan fingerprint density at radius 3 is 2.81 bits per heavy atom. The Morgan fingerprint density at radius 2 is 2.25 bits per heavy atom. The van der Waals surface area contributed by atoms with E-state index in [1.165, 1.54) is 32.2 Å². The molecule has 1 saturated heterocycles. The highest BCUT2D eigenvalue weighted by molar-refractivity contribution is 5.72. The lowest BCUT2D eigenvalue weighted by Crippen LogP contribution is -2.42. The fraction of sp³-hybridized carbons (Fsp3) is 0.917. The van der Waals surface area contributed by atoms with Gasteiger partial charge in [-0.1, -0.05) is 0 Å². The first-order valence-corrected chi connectivity index (χ1v) is 6.47. The molecule has 1 saturated carbocycles. The van der Waals surface area contributed by atoms with E-state index in [4.69, 9.17) is 0 Å². The molecule has 0 radical (unpaired) electrons. The number of nitrogens with zero attached hydrogens (tertiary/aromatic N) is 1. The van der Waals surface area contributed by atoms with Gasteiger partial charge in [0.1, 0.15) is 0 Å². The lowest BCUT2D eigenvalue weighted by Gasteiger charge is -2.25. The van der Waals surface area contributed by atoms with E-state index in [2.05, 4.69) is 15.5 Å². The number of hydrogen-bond acceptors (Lipinski definition) is 3. The third kappa shape index (κ3) is 3.76. The van der Waals surface area contributed by atoms with Crippen LogP contribution in [0.5, 0.6) is 0 Å². The summed E-state index contributed by atoms with van der Waals surface area (Å²) in [6.07, 6.45) is 5.30. The summed E-state index contributed by atoms with van der Waals surface area (Å²) in [7, 11) is 0. The van der Waals surface area contributed by atoms with Gasteiger partial charge in [0.2, 0.25) is 5.91 Å². The van der Waals surface area contributed by atoms with E-state index < -0.39 is 0 Å². The van der Waals surface area contributed by atoms with Crippen LogP contribution in [0.25, 0.3) is 0 Å². The van der Waals surface area contributed by atoms with Crippen molar-refractivity contribution >= 4 is 5.91 Å². The first kappa shape index (κ1) is 11.9. The summed E-state index contributed by atoms with van der Waals surface area (Å²) in [6.45, 7) is 5.71. The van der Waals surface area contributed by atoms with Crippen molar-refractivity contribution in [3.63, 3.8) is 0 Å². The molecule has 1 aliphatic heterocycles. The van der Waals surface area contributed by atoms with Crippen molar-refractivity contribution in [1.82, 2.24) is 15.5 Å². The minimum atomic E-state index is 0.0785. The number of carbonyl (C=O) groups is 1. The third-order valence-corrected chi connectivity index (χ3v) is 3.45. The highest BCUT2D eigenvalue weighted by Gasteiger charge is 2.30. The molecular formula is C12H23N3O. The van der Waals surface area contributed by atoms with Gasteiger partial charge in [0.15, 0.2) is 0 Å². The summed E-state index contributed by atoms with van der Waals surface area (Å²) < 4.78 is 0. The Bertz CT molecular complexity index is 234. The van der Waals surface area contributed by atoms with Crippen LogP contribution in [-0.4, -0.2) is 49.1 Å². The van der Waals surface area contributed by atoms with Crippen molar-refractivity contribution in [3.8, 4) is 0 Å². The molecule has 1 aliphatic carbocycles. The molecule has 0 aromatic rings. The fourth-order valence-electron chi connectivity index (χ4n) is 2.43. The summed E-state index contributed by atoms with van der Waals surface area (Å²) >= 11 is 0. The van der Waals surface area contributed by atoms with Crippen LogP contribution >= 0.6 is 0 Å². The molecule has 1 atom stereocenters. The van der Waals surface area contributed by atoms with Gasteiger partial charge in [0, 0.05) is 38.6 Å². The smallest absolute Gasteiger partial charge is 0.216 e. The van der Waals surface area contributed by atoms with Crippen molar-refractivity contribution in [2.45, 2.75) is 44.7 Å². The van der Waals surface area contributed by atoms with E-state index >= 15 is 0 Å². The molecule has 16 heavy (non-hydrogen) atoms. The van der Waals surface area contributed by atoms with Crippen LogP contribution in [0.15, 0.2) is 0 Å². The van der Waals surface area contributed by atoms with Gasteiger partial charge in [-0.15, -0.1) is 0 Å². The molecule has 1 heterocycles. The molecule has 4 nitrogen and oxygen atoms in total. The first-order valence-electron chi connectivity index (χ1n) is 6.47. The van der Waals surface area contributed by atoms with E-state index in [0.717, 1.165) is 25.7 Å². The van der Waals surface area contributed by atoms with Gasteiger partial charge < -0.3 is 10.6 Å². The Hall–Kier alpha value is -0.610. The molecule has 2 rings (SSSR count). The van der Waals surface area contributed by atoms with Crippen molar-refractivity contribution < 1.29 is 4.79 Å². The second-order valence-corrected chi connectivity index (χ2v) is 5.00. The zero-order valence-electron chi connectivity index (χ0n) is 10.2. The lowest BCUT2D eigenvalue weighted by molar-refractivity contribution is -0.119. The quantitative estimate of drug-likeness (QED) is 0.685. The number of hydrogen-bond donors (Lipinski definition) is 2. The number of amides is 1. The summed E-state index contributed by atoms with van der Waals surface area (Å²) in [5.41, 5.74) is 0. The molecule has 4 heteroatoms. The first-order chi connectivity index (χ1) is 7.75. The Kier molecular flexibility index (Phi) is 4.18. The molecule has 0 spiro atoms. The normalized spacial score (nSPS) is 25.0. The molecule has 1 unspecified atom stereocenters. The van der Waals surface area contributed by atoms with Crippen LogP contribution in [0.2, 0.25) is 0 Å². The van der Waals surface area contributed by atoms with Gasteiger partial charge in [-0.2, -0.15) is 0 Å². The molecule has 2 fully saturated rings. The fourth-order valence-corrected chi connectivity index (χ4v) is 2.43. The van der Waals surface area contributed by atoms with Crippen molar-refractivity contribution in [3.05, 3.63) is 0 Å². The molecule has 0 bridgehead atoms. The summed E-state index contributed by atoms with van der Waals surface area (Å²) in [4.78, 5) is 13.4. The van der Waals surface area contributed by atoms with Crippen LogP contribution in [-0.2, 0) is 4.79 Å². The van der Waals surface area contributed by atoms with Crippen LogP contribution < -0.4 is 10.6 Å². The Labute approximate surface area is 97.8 Å². The second-order valence-electron chi connectivity index (χ2n) is 5.00. The average Bonchev–Trinajstić information content (AvgIpc) is 2.96. The lowest BCUT2D eigenvalue weighted by atomic mass is 10.2. The summed E-state index contributed by atoms with van der Waals surface area (Å²) in [6, 6.07) is 1.47. The maximum Gasteiger partial charge on any atom is 0.216 e. The predicted molar refractivity (Wildman–Crippen MR) is 64.3 cm³/mol. The highest BCUT2D eigenvalue weighted by atomic mass is 16.1. The summed E-state index contributed by atoms with van der Waals surface area (Å²) in [5, 5.41) is 6.42. The topological polar surface area (TPSA) is 44.4 Å². The average molecular weight is 225 g/mol. The van der Waals surface area contributed by atoms with Gasteiger partial charge in [0.25, 0.3) is 0 Å². The number of carbonyl (C=O) groups excluding carboxylic acids is 1. The Morgan fingerprint density at radius 1 is 1.44 bits per heavy atom. The van der Waals surface area contributed by atoms with Crippen molar-refractivity contribution in [2.24, 2.45) is 0 Å². The van der Waals surface area contributed by atoms with Crippen molar-refractivity contribution in [2.75, 3.05) is 26.2 Å². The van der Waals surface area contributed by atoms with Gasteiger partial charge in [-0.3, -0.25) is 9.69 Å². The molecule has 2 N–H and O–H groups in total. The number of nitrogens with one attached hydrogen (secondary N) is 2. The molecule has 92 valence electrons. The second kappa shape index (κ2) is 5.64. The van der Waals surface area contributed by atoms with E-state index in [-0.39, 0.29) is 5.91 Å². The molecular weight excluding hydrogens is 202 g/mol. The zero-order chi connectivity index (χ0) is 11.4. The highest BCUT2D eigenvalue weighted by Crippen LogP contribution is 2.27. The Balaban J connectivity index is 1.69.